The van der Waals surface area contributed by atoms with E-state index in [1.54, 1.807) is 0 Å². The van der Waals surface area contributed by atoms with Gasteiger partial charge in [-0.1, -0.05) is 5.11 Å². The van der Waals surface area contributed by atoms with E-state index in [0.717, 1.165) is 0 Å². The fourth-order valence-electron chi connectivity index (χ4n) is 1.44. The van der Waals surface area contributed by atoms with E-state index in [0.29, 0.717) is 0 Å². The molecule has 1 rings (SSSR count). The van der Waals surface area contributed by atoms with Gasteiger partial charge in [0.2, 0.25) is 0 Å². The average Bonchev–Trinajstić information content (AvgIpc) is 2.19. The molecule has 80 valence electrons. The van der Waals surface area contributed by atoms with Gasteiger partial charge in [-0.15, -0.1) is 0 Å². The zero-order valence-corrected chi connectivity index (χ0v) is 8.03. The van der Waals surface area contributed by atoms with Crippen molar-refractivity contribution in [1.82, 2.24) is 0 Å². The molecule has 1 aliphatic rings. The highest BCUT2D eigenvalue weighted by Gasteiger charge is 2.39. The smallest absolute Gasteiger partial charge is 0.185 e. The number of hydrogen-bond donors (Lipinski definition) is 1. The van der Waals surface area contributed by atoms with Crippen molar-refractivity contribution >= 4 is 0 Å². The molecule has 0 bridgehead atoms. The molecule has 0 aromatic carbocycles. The second-order valence-electron chi connectivity index (χ2n) is 2.90. The van der Waals surface area contributed by atoms with Crippen LogP contribution in [0, 0.1) is 0 Å². The van der Waals surface area contributed by atoms with Crippen LogP contribution < -0.4 is 0 Å². The van der Waals surface area contributed by atoms with Crippen molar-refractivity contribution in [3.05, 3.63) is 10.4 Å². The molecule has 7 heteroatoms. The molecule has 1 saturated heterocycles. The lowest BCUT2D eigenvalue weighted by atomic mass is 10.0. The van der Waals surface area contributed by atoms with Gasteiger partial charge < -0.3 is 19.3 Å². The first-order valence-corrected chi connectivity index (χ1v) is 4.14. The summed E-state index contributed by atoms with van der Waals surface area (Å²) in [6.07, 6.45) is -2.27. The van der Waals surface area contributed by atoms with Crippen molar-refractivity contribution in [1.29, 1.82) is 0 Å². The summed E-state index contributed by atoms with van der Waals surface area (Å²) in [5.74, 6) is 0. The Bertz CT molecular complexity index is 231. The molecule has 0 aromatic rings. The Morgan fingerprint density at radius 3 is 2.71 bits per heavy atom. The second kappa shape index (κ2) is 5.14. The topological polar surface area (TPSA) is 96.7 Å². The van der Waals surface area contributed by atoms with Gasteiger partial charge in [0.25, 0.3) is 0 Å². The normalized spacial score (nSPS) is 37.6. The SMILES string of the molecule is COC1OCC(N=[N+]=[N-])C(OC)C1O. The second-order valence-corrected chi connectivity index (χ2v) is 2.90. The van der Waals surface area contributed by atoms with Crippen molar-refractivity contribution < 1.29 is 19.3 Å². The van der Waals surface area contributed by atoms with Crippen LogP contribution in [0.2, 0.25) is 0 Å². The molecular weight excluding hydrogens is 190 g/mol. The molecule has 0 aromatic heterocycles. The third-order valence-corrected chi connectivity index (χ3v) is 2.13. The Hall–Kier alpha value is -0.850. The van der Waals surface area contributed by atoms with Crippen molar-refractivity contribution in [2.45, 2.75) is 24.5 Å². The molecule has 1 N–H and O–H groups in total. The van der Waals surface area contributed by atoms with Gasteiger partial charge in [-0.2, -0.15) is 0 Å². The summed E-state index contributed by atoms with van der Waals surface area (Å²) in [6.45, 7) is 0.179. The first-order valence-electron chi connectivity index (χ1n) is 4.14. The summed E-state index contributed by atoms with van der Waals surface area (Å²) < 4.78 is 15.0. The maximum absolute atomic E-state index is 9.67. The van der Waals surface area contributed by atoms with E-state index in [1.807, 2.05) is 0 Å². The molecule has 7 nitrogen and oxygen atoms in total. The molecule has 1 aliphatic heterocycles. The molecule has 4 atom stereocenters. The van der Waals surface area contributed by atoms with Gasteiger partial charge in [0, 0.05) is 19.1 Å². The summed E-state index contributed by atoms with van der Waals surface area (Å²) in [6, 6.07) is -0.522. The van der Waals surface area contributed by atoms with Crippen molar-refractivity contribution in [3.8, 4) is 0 Å². The zero-order valence-electron chi connectivity index (χ0n) is 8.03. The minimum atomic E-state index is -0.950. The van der Waals surface area contributed by atoms with Crippen LogP contribution in [-0.4, -0.2) is 50.5 Å². The van der Waals surface area contributed by atoms with Crippen molar-refractivity contribution in [3.63, 3.8) is 0 Å². The molecule has 0 spiro atoms. The van der Waals surface area contributed by atoms with Crippen LogP contribution in [-0.2, 0) is 14.2 Å². The first kappa shape index (κ1) is 11.2. The lowest BCUT2D eigenvalue weighted by molar-refractivity contribution is -0.242. The molecule has 1 heterocycles. The van der Waals surface area contributed by atoms with Gasteiger partial charge in [0.1, 0.15) is 6.10 Å². The Labute approximate surface area is 81.2 Å². The Balaban J connectivity index is 2.71. The largest absolute Gasteiger partial charge is 0.385 e. The number of rotatable bonds is 3. The van der Waals surface area contributed by atoms with E-state index in [2.05, 4.69) is 10.0 Å². The van der Waals surface area contributed by atoms with Crippen LogP contribution in [0.3, 0.4) is 0 Å². The van der Waals surface area contributed by atoms with E-state index >= 15 is 0 Å². The average molecular weight is 203 g/mol. The van der Waals surface area contributed by atoms with Crippen LogP contribution in [0.5, 0.6) is 0 Å². The maximum Gasteiger partial charge on any atom is 0.185 e. The molecule has 0 amide bonds. The number of nitrogens with zero attached hydrogens (tertiary/aromatic N) is 3. The summed E-state index contributed by atoms with van der Waals surface area (Å²) >= 11 is 0. The molecule has 14 heavy (non-hydrogen) atoms. The van der Waals surface area contributed by atoms with Crippen molar-refractivity contribution in [2.75, 3.05) is 20.8 Å². The van der Waals surface area contributed by atoms with Gasteiger partial charge >= 0.3 is 0 Å². The van der Waals surface area contributed by atoms with Gasteiger partial charge in [-0.05, 0) is 5.53 Å². The van der Waals surface area contributed by atoms with Gasteiger partial charge in [0.15, 0.2) is 6.29 Å². The number of hydrogen-bond acceptors (Lipinski definition) is 5. The van der Waals surface area contributed by atoms with E-state index in [-0.39, 0.29) is 6.61 Å². The highest BCUT2D eigenvalue weighted by atomic mass is 16.7. The zero-order chi connectivity index (χ0) is 10.6. The highest BCUT2D eigenvalue weighted by Crippen LogP contribution is 2.20. The van der Waals surface area contributed by atoms with Crippen LogP contribution in [0.25, 0.3) is 10.4 Å². The Morgan fingerprint density at radius 1 is 1.50 bits per heavy atom. The van der Waals surface area contributed by atoms with Crippen LogP contribution in [0.4, 0.5) is 0 Å². The minimum Gasteiger partial charge on any atom is -0.385 e. The predicted octanol–water partition coefficient (Wildman–Crippen LogP) is 0.0439. The number of methoxy groups -OCH3 is 2. The summed E-state index contributed by atoms with van der Waals surface area (Å²) in [4.78, 5) is 2.66. The fourth-order valence-corrected chi connectivity index (χ4v) is 1.44. The molecule has 0 saturated carbocycles. The van der Waals surface area contributed by atoms with E-state index in [1.165, 1.54) is 14.2 Å². The maximum atomic E-state index is 9.67. The quantitative estimate of drug-likeness (QED) is 0.398. The Kier molecular flexibility index (Phi) is 4.12. The van der Waals surface area contributed by atoms with Crippen LogP contribution >= 0.6 is 0 Å². The third-order valence-electron chi connectivity index (χ3n) is 2.13. The first-order chi connectivity index (χ1) is 6.74. The number of azide groups is 1. The molecule has 4 unspecified atom stereocenters. The van der Waals surface area contributed by atoms with E-state index in [4.69, 9.17) is 19.7 Å². The van der Waals surface area contributed by atoms with E-state index < -0.39 is 24.5 Å². The van der Waals surface area contributed by atoms with Gasteiger partial charge in [-0.25, -0.2) is 0 Å². The number of aliphatic hydroxyl groups excluding tert-OH is 1. The fraction of sp³-hybridized carbons (Fsp3) is 1.00. The van der Waals surface area contributed by atoms with Crippen LogP contribution in [0.1, 0.15) is 0 Å². The predicted molar refractivity (Wildman–Crippen MR) is 46.5 cm³/mol. The highest BCUT2D eigenvalue weighted by molar-refractivity contribution is 4.88. The molecular formula is C7H13N3O4. The summed E-state index contributed by atoms with van der Waals surface area (Å²) in [7, 11) is 2.86. The van der Waals surface area contributed by atoms with Crippen LogP contribution in [0.15, 0.2) is 5.11 Å². The summed E-state index contributed by atoms with van der Waals surface area (Å²) in [5, 5.41) is 13.1. The molecule has 0 aliphatic carbocycles. The van der Waals surface area contributed by atoms with E-state index in [9.17, 15) is 5.11 Å². The number of ether oxygens (including phenoxy) is 3. The third kappa shape index (κ3) is 2.14. The van der Waals surface area contributed by atoms with Gasteiger partial charge in [-0.3, -0.25) is 0 Å². The Morgan fingerprint density at radius 2 is 2.21 bits per heavy atom. The number of aliphatic hydroxyl groups is 1. The lowest BCUT2D eigenvalue weighted by Gasteiger charge is -2.36. The minimum absolute atomic E-state index is 0.179. The molecule has 0 radical (unpaired) electrons. The van der Waals surface area contributed by atoms with Gasteiger partial charge in [0.05, 0.1) is 18.8 Å². The standard InChI is InChI=1S/C7H13N3O4/c1-12-6-4(9-10-8)3-14-7(13-2)5(6)11/h4-7,11H,3H2,1-2H3. The summed E-state index contributed by atoms with van der Waals surface area (Å²) in [5.41, 5.74) is 8.28. The lowest BCUT2D eigenvalue weighted by Crippen LogP contribution is -2.53. The monoisotopic (exact) mass is 203 g/mol. The van der Waals surface area contributed by atoms with Crippen molar-refractivity contribution in [2.24, 2.45) is 5.11 Å². The molecule has 1 fully saturated rings.